The number of hydrogen-bond acceptors (Lipinski definition) is 1. The predicted molar refractivity (Wildman–Crippen MR) is 64.1 cm³/mol. The summed E-state index contributed by atoms with van der Waals surface area (Å²) in [4.78, 5) is 13.4. The predicted octanol–water partition coefficient (Wildman–Crippen LogP) is 2.93. The highest BCUT2D eigenvalue weighted by Gasteiger charge is 2.11. The Kier molecular flexibility index (Phi) is 2.52. The molecule has 0 bridgehead atoms. The number of amides is 1. The zero-order chi connectivity index (χ0) is 11.0. The van der Waals surface area contributed by atoms with Crippen LogP contribution >= 0.6 is 15.9 Å². The maximum absolute atomic E-state index is 11.8. The van der Waals surface area contributed by atoms with Crippen LogP contribution in [-0.4, -0.2) is 29.6 Å². The number of nitrogens with zero attached hydrogens (tertiary/aromatic N) is 2. The average molecular weight is 267 g/mol. The first kappa shape index (κ1) is 10.2. The molecule has 4 heteroatoms. The van der Waals surface area contributed by atoms with Gasteiger partial charge in [0.05, 0.1) is 5.52 Å². The van der Waals surface area contributed by atoms with E-state index in [0.29, 0.717) is 0 Å². The van der Waals surface area contributed by atoms with Crippen LogP contribution in [0.3, 0.4) is 0 Å². The van der Waals surface area contributed by atoms with Crippen molar-refractivity contribution in [3.05, 3.63) is 34.9 Å². The molecule has 0 radical (unpaired) electrons. The average Bonchev–Trinajstić information content (AvgIpc) is 2.61. The molecule has 0 saturated carbocycles. The standard InChI is InChI=1S/C11H11BrN2O/c1-13(2)11(15)14-7-6-8-4-3-5-9(12)10(8)14/h3-7H,1-2H3. The van der Waals surface area contributed by atoms with Crippen molar-refractivity contribution in [1.29, 1.82) is 0 Å². The number of carbonyl (C=O) groups excluding carboxylic acids is 1. The van der Waals surface area contributed by atoms with Crippen LogP contribution in [0.1, 0.15) is 0 Å². The van der Waals surface area contributed by atoms with Crippen LogP contribution in [0.25, 0.3) is 10.9 Å². The highest BCUT2D eigenvalue weighted by atomic mass is 79.9. The quantitative estimate of drug-likeness (QED) is 0.720. The molecule has 0 aliphatic carbocycles. The Morgan fingerprint density at radius 2 is 2.07 bits per heavy atom. The summed E-state index contributed by atoms with van der Waals surface area (Å²) in [5, 5.41) is 1.06. The van der Waals surface area contributed by atoms with E-state index in [1.807, 2.05) is 24.3 Å². The number of rotatable bonds is 0. The molecule has 0 saturated heterocycles. The first-order chi connectivity index (χ1) is 7.11. The molecule has 2 rings (SSSR count). The summed E-state index contributed by atoms with van der Waals surface area (Å²) in [5.74, 6) is 0. The summed E-state index contributed by atoms with van der Waals surface area (Å²) in [5.41, 5.74) is 0.913. The Balaban J connectivity index is 2.67. The van der Waals surface area contributed by atoms with Crippen LogP contribution in [0.4, 0.5) is 4.79 Å². The van der Waals surface area contributed by atoms with E-state index in [1.54, 1.807) is 29.8 Å². The molecule has 1 amide bonds. The third-order valence-corrected chi connectivity index (χ3v) is 2.89. The van der Waals surface area contributed by atoms with E-state index < -0.39 is 0 Å². The smallest absolute Gasteiger partial charge is 0.328 e. The molecule has 0 fully saturated rings. The van der Waals surface area contributed by atoms with Gasteiger partial charge >= 0.3 is 6.03 Å². The van der Waals surface area contributed by atoms with Crippen molar-refractivity contribution in [2.45, 2.75) is 0 Å². The summed E-state index contributed by atoms with van der Waals surface area (Å²) in [7, 11) is 3.48. The molecule has 3 nitrogen and oxygen atoms in total. The number of benzene rings is 1. The number of fused-ring (bicyclic) bond motifs is 1. The van der Waals surface area contributed by atoms with E-state index in [-0.39, 0.29) is 6.03 Å². The van der Waals surface area contributed by atoms with E-state index in [4.69, 9.17) is 0 Å². The number of aromatic nitrogens is 1. The molecular weight excluding hydrogens is 256 g/mol. The number of hydrogen-bond donors (Lipinski definition) is 0. The van der Waals surface area contributed by atoms with Gasteiger partial charge in [0.15, 0.2) is 0 Å². The highest BCUT2D eigenvalue weighted by Crippen LogP contribution is 2.24. The first-order valence-electron chi connectivity index (χ1n) is 4.58. The van der Waals surface area contributed by atoms with Crippen LogP contribution in [-0.2, 0) is 0 Å². The van der Waals surface area contributed by atoms with Crippen LogP contribution < -0.4 is 0 Å². The van der Waals surface area contributed by atoms with Gasteiger partial charge in [0.1, 0.15) is 0 Å². The van der Waals surface area contributed by atoms with Crippen molar-refractivity contribution in [2.24, 2.45) is 0 Å². The second-order valence-corrected chi connectivity index (χ2v) is 4.39. The third kappa shape index (κ3) is 1.65. The summed E-state index contributed by atoms with van der Waals surface area (Å²) < 4.78 is 2.57. The lowest BCUT2D eigenvalue weighted by Crippen LogP contribution is -2.26. The molecule has 1 aromatic carbocycles. The van der Waals surface area contributed by atoms with Gasteiger partial charge in [0.2, 0.25) is 0 Å². The molecule has 2 aromatic rings. The fourth-order valence-corrected chi connectivity index (χ4v) is 2.10. The minimum absolute atomic E-state index is 0.0445. The molecule has 0 spiro atoms. The normalized spacial score (nSPS) is 10.6. The van der Waals surface area contributed by atoms with Gasteiger partial charge in [-0.05, 0) is 28.1 Å². The summed E-state index contributed by atoms with van der Waals surface area (Å²) in [6.45, 7) is 0. The summed E-state index contributed by atoms with van der Waals surface area (Å²) in [6, 6.07) is 7.76. The maximum atomic E-state index is 11.8. The minimum atomic E-state index is -0.0445. The van der Waals surface area contributed by atoms with Crippen LogP contribution in [0.5, 0.6) is 0 Å². The zero-order valence-corrected chi connectivity index (χ0v) is 10.2. The third-order valence-electron chi connectivity index (χ3n) is 2.25. The van der Waals surface area contributed by atoms with Gasteiger partial charge in [-0.25, -0.2) is 4.79 Å². The molecule has 1 aromatic heterocycles. The molecule has 0 atom stereocenters. The van der Waals surface area contributed by atoms with E-state index in [2.05, 4.69) is 15.9 Å². The number of carbonyl (C=O) groups is 1. The van der Waals surface area contributed by atoms with Gasteiger partial charge in [-0.3, -0.25) is 4.57 Å². The van der Waals surface area contributed by atoms with Gasteiger partial charge in [0, 0.05) is 30.2 Å². The van der Waals surface area contributed by atoms with Gasteiger partial charge in [-0.2, -0.15) is 0 Å². The second-order valence-electron chi connectivity index (χ2n) is 3.54. The van der Waals surface area contributed by atoms with Crippen molar-refractivity contribution in [1.82, 2.24) is 9.47 Å². The lowest BCUT2D eigenvalue weighted by Gasteiger charge is -2.12. The molecule has 0 unspecified atom stereocenters. The fourth-order valence-electron chi connectivity index (χ4n) is 1.52. The van der Waals surface area contributed by atoms with Crippen molar-refractivity contribution in [3.8, 4) is 0 Å². The highest BCUT2D eigenvalue weighted by molar-refractivity contribution is 9.10. The van der Waals surface area contributed by atoms with E-state index in [0.717, 1.165) is 15.4 Å². The SMILES string of the molecule is CN(C)C(=O)n1ccc2cccc(Br)c21. The molecular formula is C11H11BrN2O. The largest absolute Gasteiger partial charge is 0.330 e. The Morgan fingerprint density at radius 3 is 2.73 bits per heavy atom. The molecule has 0 aliphatic heterocycles. The summed E-state index contributed by atoms with van der Waals surface area (Å²) >= 11 is 3.45. The minimum Gasteiger partial charge on any atom is -0.330 e. The maximum Gasteiger partial charge on any atom is 0.328 e. The Hall–Kier alpha value is -1.29. The fraction of sp³-hybridized carbons (Fsp3) is 0.182. The van der Waals surface area contributed by atoms with Gasteiger partial charge in [-0.15, -0.1) is 0 Å². The molecule has 0 aliphatic rings. The van der Waals surface area contributed by atoms with Crippen LogP contribution in [0, 0.1) is 0 Å². The topological polar surface area (TPSA) is 25.2 Å². The van der Waals surface area contributed by atoms with Gasteiger partial charge in [-0.1, -0.05) is 12.1 Å². The molecule has 1 heterocycles. The van der Waals surface area contributed by atoms with Crippen LogP contribution in [0.15, 0.2) is 34.9 Å². The second kappa shape index (κ2) is 3.70. The lowest BCUT2D eigenvalue weighted by molar-refractivity contribution is 0.220. The summed E-state index contributed by atoms with van der Waals surface area (Å²) in [6.07, 6.45) is 1.79. The number of para-hydroxylation sites is 1. The number of halogens is 1. The van der Waals surface area contributed by atoms with Crippen molar-refractivity contribution in [2.75, 3.05) is 14.1 Å². The van der Waals surface area contributed by atoms with Crippen molar-refractivity contribution in [3.63, 3.8) is 0 Å². The molecule has 0 N–H and O–H groups in total. The molecule has 15 heavy (non-hydrogen) atoms. The Bertz CT molecular complexity index is 516. The Labute approximate surface area is 96.4 Å². The van der Waals surface area contributed by atoms with Gasteiger partial charge < -0.3 is 4.90 Å². The lowest BCUT2D eigenvalue weighted by atomic mass is 10.2. The van der Waals surface area contributed by atoms with E-state index in [1.165, 1.54) is 0 Å². The monoisotopic (exact) mass is 266 g/mol. The van der Waals surface area contributed by atoms with Crippen molar-refractivity contribution < 1.29 is 4.79 Å². The van der Waals surface area contributed by atoms with E-state index in [9.17, 15) is 4.79 Å². The molecule has 78 valence electrons. The van der Waals surface area contributed by atoms with E-state index >= 15 is 0 Å². The zero-order valence-electron chi connectivity index (χ0n) is 8.57. The van der Waals surface area contributed by atoms with Crippen LogP contribution in [0.2, 0.25) is 0 Å². The first-order valence-corrected chi connectivity index (χ1v) is 5.38. The van der Waals surface area contributed by atoms with Crippen molar-refractivity contribution >= 4 is 32.9 Å². The Morgan fingerprint density at radius 1 is 1.33 bits per heavy atom. The van der Waals surface area contributed by atoms with Gasteiger partial charge in [0.25, 0.3) is 0 Å².